The molecule has 148 valence electrons. The second-order valence-electron chi connectivity index (χ2n) is 7.22. The van der Waals surface area contributed by atoms with Crippen LogP contribution in [-0.2, 0) is 4.74 Å². The molecular formula is C21H25N3O4. The van der Waals surface area contributed by atoms with Gasteiger partial charge in [-0.05, 0) is 19.1 Å². The van der Waals surface area contributed by atoms with Crippen molar-refractivity contribution in [3.8, 4) is 11.8 Å². The van der Waals surface area contributed by atoms with Crippen molar-refractivity contribution in [2.75, 3.05) is 26.3 Å². The maximum absolute atomic E-state index is 12.7. The maximum Gasteiger partial charge on any atom is 0.255 e. The molecule has 2 aromatic rings. The number of hydrogen-bond donors (Lipinski definition) is 0. The fraction of sp³-hybridized carbons (Fsp3) is 0.476. The van der Waals surface area contributed by atoms with E-state index in [0.717, 1.165) is 31.6 Å². The van der Waals surface area contributed by atoms with Gasteiger partial charge in [0.2, 0.25) is 11.8 Å². The zero-order valence-electron chi connectivity index (χ0n) is 16.0. The lowest BCUT2D eigenvalue weighted by Gasteiger charge is -2.32. The topological polar surface area (TPSA) is 73.8 Å². The van der Waals surface area contributed by atoms with Gasteiger partial charge in [0.25, 0.3) is 5.91 Å². The van der Waals surface area contributed by atoms with E-state index in [1.807, 2.05) is 30.0 Å². The summed E-state index contributed by atoms with van der Waals surface area (Å²) in [7, 11) is 0. The Morgan fingerprint density at radius 3 is 2.57 bits per heavy atom. The van der Waals surface area contributed by atoms with Gasteiger partial charge in [-0.1, -0.05) is 6.07 Å². The molecule has 7 nitrogen and oxygen atoms in total. The number of pyridine rings is 2. The Bertz CT molecular complexity index is 798. The summed E-state index contributed by atoms with van der Waals surface area (Å²) in [5.74, 6) is 1.18. The zero-order chi connectivity index (χ0) is 19.3. The van der Waals surface area contributed by atoms with Crippen LogP contribution in [-0.4, -0.2) is 59.3 Å². The van der Waals surface area contributed by atoms with Gasteiger partial charge in [-0.2, -0.15) is 0 Å². The van der Waals surface area contributed by atoms with Gasteiger partial charge in [-0.25, -0.2) is 9.97 Å². The Kier molecular flexibility index (Phi) is 5.71. The van der Waals surface area contributed by atoms with Gasteiger partial charge in [-0.15, -0.1) is 0 Å². The van der Waals surface area contributed by atoms with Crippen LogP contribution in [0.1, 0.15) is 35.3 Å². The van der Waals surface area contributed by atoms with Crippen LogP contribution in [0.15, 0.2) is 36.5 Å². The molecule has 4 heterocycles. The van der Waals surface area contributed by atoms with E-state index >= 15 is 0 Å². The van der Waals surface area contributed by atoms with E-state index < -0.39 is 0 Å². The molecule has 28 heavy (non-hydrogen) atoms. The van der Waals surface area contributed by atoms with Crippen LogP contribution in [0, 0.1) is 6.92 Å². The number of piperidine rings is 1. The van der Waals surface area contributed by atoms with Crippen molar-refractivity contribution in [1.29, 1.82) is 0 Å². The first-order valence-electron chi connectivity index (χ1n) is 9.77. The summed E-state index contributed by atoms with van der Waals surface area (Å²) >= 11 is 0. The first-order chi connectivity index (χ1) is 13.7. The van der Waals surface area contributed by atoms with Crippen molar-refractivity contribution in [1.82, 2.24) is 14.9 Å². The third-order valence-electron chi connectivity index (χ3n) is 5.04. The Labute approximate surface area is 164 Å². The van der Waals surface area contributed by atoms with Crippen molar-refractivity contribution in [3.63, 3.8) is 0 Å². The molecule has 0 aliphatic carbocycles. The number of amides is 1. The fourth-order valence-corrected chi connectivity index (χ4v) is 3.47. The zero-order valence-corrected chi connectivity index (χ0v) is 16.0. The summed E-state index contributed by atoms with van der Waals surface area (Å²) in [4.78, 5) is 23.3. The molecule has 2 aromatic heterocycles. The van der Waals surface area contributed by atoms with E-state index in [9.17, 15) is 4.79 Å². The molecule has 0 saturated carbocycles. The van der Waals surface area contributed by atoms with Gasteiger partial charge in [0, 0.05) is 56.4 Å². The van der Waals surface area contributed by atoms with E-state index in [1.165, 1.54) is 0 Å². The molecule has 1 unspecified atom stereocenters. The van der Waals surface area contributed by atoms with Crippen molar-refractivity contribution in [2.45, 2.75) is 38.4 Å². The largest absolute Gasteiger partial charge is 0.474 e. The third kappa shape index (κ3) is 4.59. The first-order valence-corrected chi connectivity index (χ1v) is 9.77. The van der Waals surface area contributed by atoms with Crippen molar-refractivity contribution >= 4 is 5.91 Å². The number of ether oxygens (including phenoxy) is 3. The molecule has 0 radical (unpaired) electrons. The van der Waals surface area contributed by atoms with Crippen LogP contribution in [0.3, 0.4) is 0 Å². The highest BCUT2D eigenvalue weighted by Crippen LogP contribution is 2.20. The van der Waals surface area contributed by atoms with Gasteiger partial charge < -0.3 is 19.1 Å². The summed E-state index contributed by atoms with van der Waals surface area (Å²) in [5, 5.41) is 0. The first kappa shape index (κ1) is 18.7. The number of carbonyl (C=O) groups excluding carboxylic acids is 1. The molecule has 0 N–H and O–H groups in total. The van der Waals surface area contributed by atoms with Gasteiger partial charge in [0.1, 0.15) is 12.2 Å². The van der Waals surface area contributed by atoms with Gasteiger partial charge >= 0.3 is 0 Å². The molecular weight excluding hydrogens is 358 g/mol. The van der Waals surface area contributed by atoms with E-state index in [0.29, 0.717) is 37.0 Å². The fourth-order valence-electron chi connectivity index (χ4n) is 3.47. The second-order valence-corrected chi connectivity index (χ2v) is 7.22. The summed E-state index contributed by atoms with van der Waals surface area (Å²) in [6, 6.07) is 9.29. The maximum atomic E-state index is 12.7. The number of nitrogens with zero attached hydrogens (tertiary/aromatic N) is 3. The minimum atomic E-state index is -0.00428. The molecule has 0 bridgehead atoms. The van der Waals surface area contributed by atoms with Crippen LogP contribution >= 0.6 is 0 Å². The molecule has 2 saturated heterocycles. The Balaban J connectivity index is 1.28. The van der Waals surface area contributed by atoms with Gasteiger partial charge in [-0.3, -0.25) is 4.79 Å². The lowest BCUT2D eigenvalue weighted by molar-refractivity contribution is 0.0587. The standard InChI is InChI=1S/C21H25N3O4/c1-15-3-2-4-20(23-15)27-17-7-10-24(11-8-17)21(25)16-5-6-19(22-13-16)28-18-9-12-26-14-18/h2-6,13,17-18H,7-12,14H2,1H3. The van der Waals surface area contributed by atoms with Crippen molar-refractivity contribution in [2.24, 2.45) is 0 Å². The Morgan fingerprint density at radius 2 is 1.89 bits per heavy atom. The monoisotopic (exact) mass is 383 g/mol. The molecule has 7 heteroatoms. The normalized spacial score (nSPS) is 20.2. The van der Waals surface area contributed by atoms with Crippen molar-refractivity contribution < 1.29 is 19.0 Å². The number of hydrogen-bond acceptors (Lipinski definition) is 6. The number of carbonyl (C=O) groups is 1. The Morgan fingerprint density at radius 1 is 1.07 bits per heavy atom. The molecule has 4 rings (SSSR count). The van der Waals surface area contributed by atoms with Gasteiger partial charge in [0.15, 0.2) is 0 Å². The van der Waals surface area contributed by atoms with Crippen LogP contribution in [0.4, 0.5) is 0 Å². The number of aryl methyl sites for hydroxylation is 1. The number of rotatable bonds is 5. The lowest BCUT2D eigenvalue weighted by Crippen LogP contribution is -2.41. The molecule has 0 spiro atoms. The molecule has 1 amide bonds. The van der Waals surface area contributed by atoms with E-state index in [1.54, 1.807) is 18.3 Å². The smallest absolute Gasteiger partial charge is 0.255 e. The van der Waals surface area contributed by atoms with Crippen LogP contribution in [0.25, 0.3) is 0 Å². The molecule has 2 aliphatic rings. The van der Waals surface area contributed by atoms with Crippen LogP contribution in [0.2, 0.25) is 0 Å². The summed E-state index contributed by atoms with van der Waals surface area (Å²) in [6.45, 7) is 4.58. The predicted octanol–water partition coefficient (Wildman–Crippen LogP) is 2.64. The lowest BCUT2D eigenvalue weighted by atomic mass is 10.1. The highest BCUT2D eigenvalue weighted by molar-refractivity contribution is 5.94. The van der Waals surface area contributed by atoms with Crippen molar-refractivity contribution in [3.05, 3.63) is 47.8 Å². The minimum absolute atomic E-state index is 0.00428. The molecule has 2 aliphatic heterocycles. The number of likely N-dealkylation sites (tertiary alicyclic amines) is 1. The second kappa shape index (κ2) is 8.56. The molecule has 0 aromatic carbocycles. The van der Waals surface area contributed by atoms with Crippen LogP contribution < -0.4 is 9.47 Å². The predicted molar refractivity (Wildman–Crippen MR) is 103 cm³/mol. The average molecular weight is 383 g/mol. The van der Waals surface area contributed by atoms with E-state index in [4.69, 9.17) is 14.2 Å². The SMILES string of the molecule is Cc1cccc(OC2CCN(C(=O)c3ccc(OC4CCOC4)nc3)CC2)n1. The minimum Gasteiger partial charge on any atom is -0.474 e. The van der Waals surface area contributed by atoms with Crippen LogP contribution in [0.5, 0.6) is 11.8 Å². The quantitative estimate of drug-likeness (QED) is 0.790. The third-order valence-corrected chi connectivity index (χ3v) is 5.04. The summed E-state index contributed by atoms with van der Waals surface area (Å²) in [6.07, 6.45) is 4.18. The van der Waals surface area contributed by atoms with E-state index in [2.05, 4.69) is 9.97 Å². The van der Waals surface area contributed by atoms with Gasteiger partial charge in [0.05, 0.1) is 18.8 Å². The van der Waals surface area contributed by atoms with E-state index in [-0.39, 0.29) is 18.1 Å². The summed E-state index contributed by atoms with van der Waals surface area (Å²) < 4.78 is 17.0. The molecule has 1 atom stereocenters. The highest BCUT2D eigenvalue weighted by atomic mass is 16.5. The summed E-state index contributed by atoms with van der Waals surface area (Å²) in [5.41, 5.74) is 1.51. The highest BCUT2D eigenvalue weighted by Gasteiger charge is 2.25. The molecule has 2 fully saturated rings. The average Bonchev–Trinajstić information content (AvgIpc) is 3.22. The Hall–Kier alpha value is -2.67. The number of aromatic nitrogens is 2.